The van der Waals surface area contributed by atoms with Crippen LogP contribution in [0.2, 0.25) is 0 Å². The summed E-state index contributed by atoms with van der Waals surface area (Å²) in [6.45, 7) is 0. The monoisotopic (exact) mass is 354 g/mol. The molecule has 0 saturated carbocycles. The van der Waals surface area contributed by atoms with Crippen LogP contribution in [-0.2, 0) is 0 Å². The number of amides is 1. The molecule has 26 heavy (non-hydrogen) atoms. The Morgan fingerprint density at radius 1 is 1.04 bits per heavy atom. The lowest BCUT2D eigenvalue weighted by molar-refractivity contribution is 0.0929. The van der Waals surface area contributed by atoms with Gasteiger partial charge >= 0.3 is 5.91 Å². The van der Waals surface area contributed by atoms with Gasteiger partial charge in [-0.1, -0.05) is 18.2 Å². The molecule has 7 heteroatoms. The van der Waals surface area contributed by atoms with Gasteiger partial charge in [0.1, 0.15) is 0 Å². The number of hydrazone groups is 1. The number of hydrogen-bond acceptors (Lipinski definition) is 6. The minimum Gasteiger partial charge on any atom is -0.493 e. The zero-order valence-electron chi connectivity index (χ0n) is 14.6. The standard InChI is InChI=1S/C19H18N2O5/c1-23-14-8-5-7-13(17(14)25-3)11-20-21-19(22)16-10-12-6-4-9-15(24-2)18(12)26-16/h4-11H,1-3H3,(H,21,22)/b20-11-. The molecule has 0 saturated heterocycles. The fraction of sp³-hybridized carbons (Fsp3) is 0.158. The first-order chi connectivity index (χ1) is 12.7. The molecule has 0 unspecified atom stereocenters. The minimum atomic E-state index is -0.471. The maximum atomic E-state index is 12.3. The third-order valence-electron chi connectivity index (χ3n) is 3.75. The molecule has 0 aliphatic heterocycles. The number of hydrogen-bond donors (Lipinski definition) is 1. The van der Waals surface area contributed by atoms with Gasteiger partial charge in [-0.25, -0.2) is 5.43 Å². The van der Waals surface area contributed by atoms with Crippen molar-refractivity contribution >= 4 is 23.1 Å². The third kappa shape index (κ3) is 3.32. The van der Waals surface area contributed by atoms with Crippen LogP contribution >= 0.6 is 0 Å². The van der Waals surface area contributed by atoms with Crippen molar-refractivity contribution in [1.29, 1.82) is 0 Å². The summed E-state index contributed by atoms with van der Waals surface area (Å²) in [4.78, 5) is 12.3. The van der Waals surface area contributed by atoms with Crippen molar-refractivity contribution in [2.45, 2.75) is 0 Å². The van der Waals surface area contributed by atoms with Crippen LogP contribution in [0.3, 0.4) is 0 Å². The summed E-state index contributed by atoms with van der Waals surface area (Å²) in [6.07, 6.45) is 1.47. The Morgan fingerprint density at radius 3 is 2.50 bits per heavy atom. The number of methoxy groups -OCH3 is 3. The zero-order chi connectivity index (χ0) is 18.5. The lowest BCUT2D eigenvalue weighted by Gasteiger charge is -2.09. The van der Waals surface area contributed by atoms with Crippen LogP contribution in [0.4, 0.5) is 0 Å². The van der Waals surface area contributed by atoms with Gasteiger partial charge in [-0.05, 0) is 24.3 Å². The van der Waals surface area contributed by atoms with Crippen LogP contribution in [0.15, 0.2) is 52.0 Å². The highest BCUT2D eigenvalue weighted by Crippen LogP contribution is 2.30. The normalized spacial score (nSPS) is 10.9. The molecule has 7 nitrogen and oxygen atoms in total. The molecule has 0 fully saturated rings. The molecular weight excluding hydrogens is 336 g/mol. The van der Waals surface area contributed by atoms with Gasteiger partial charge in [0.15, 0.2) is 28.6 Å². The highest BCUT2D eigenvalue weighted by molar-refractivity contribution is 5.97. The molecule has 0 atom stereocenters. The highest BCUT2D eigenvalue weighted by atomic mass is 16.5. The molecular formula is C19H18N2O5. The molecule has 3 aromatic rings. The first-order valence-electron chi connectivity index (χ1n) is 7.79. The summed E-state index contributed by atoms with van der Waals surface area (Å²) < 4.78 is 21.3. The van der Waals surface area contributed by atoms with E-state index in [1.807, 2.05) is 12.1 Å². The fourth-order valence-corrected chi connectivity index (χ4v) is 2.54. The number of fused-ring (bicyclic) bond motifs is 1. The molecule has 0 spiro atoms. The SMILES string of the molecule is COc1cccc(/C=N\NC(=O)c2cc3cccc(OC)c3o2)c1OC. The van der Waals surface area contributed by atoms with E-state index in [4.69, 9.17) is 18.6 Å². The first-order valence-corrected chi connectivity index (χ1v) is 7.79. The number of benzene rings is 2. The number of nitrogens with zero attached hydrogens (tertiary/aromatic N) is 1. The molecule has 0 radical (unpaired) electrons. The third-order valence-corrected chi connectivity index (χ3v) is 3.75. The van der Waals surface area contributed by atoms with Crippen LogP contribution < -0.4 is 19.6 Å². The van der Waals surface area contributed by atoms with Crippen molar-refractivity contribution in [3.05, 3.63) is 53.8 Å². The molecule has 1 aromatic heterocycles. The second-order valence-corrected chi connectivity index (χ2v) is 5.27. The van der Waals surface area contributed by atoms with Gasteiger partial charge in [-0.2, -0.15) is 5.10 Å². The summed E-state index contributed by atoms with van der Waals surface area (Å²) in [5.74, 6) is 1.33. The Kier molecular flexibility index (Phi) is 5.07. The first kappa shape index (κ1) is 17.3. The summed E-state index contributed by atoms with van der Waals surface area (Å²) in [6, 6.07) is 12.4. The molecule has 0 aliphatic rings. The molecule has 2 aromatic carbocycles. The number of nitrogens with one attached hydrogen (secondary N) is 1. The van der Waals surface area contributed by atoms with Crippen molar-refractivity contribution in [2.75, 3.05) is 21.3 Å². The Balaban J connectivity index is 1.78. The topological polar surface area (TPSA) is 82.3 Å². The fourth-order valence-electron chi connectivity index (χ4n) is 2.54. The lowest BCUT2D eigenvalue weighted by Crippen LogP contribution is -2.16. The lowest BCUT2D eigenvalue weighted by atomic mass is 10.2. The van der Waals surface area contributed by atoms with E-state index in [-0.39, 0.29) is 5.76 Å². The predicted molar refractivity (Wildman–Crippen MR) is 97.4 cm³/mol. The quantitative estimate of drug-likeness (QED) is 0.543. The Bertz CT molecular complexity index is 962. The molecule has 1 heterocycles. The average molecular weight is 354 g/mol. The van der Waals surface area contributed by atoms with E-state index in [1.54, 1.807) is 44.6 Å². The van der Waals surface area contributed by atoms with Crippen LogP contribution in [0.5, 0.6) is 17.2 Å². The summed E-state index contributed by atoms with van der Waals surface area (Å²) >= 11 is 0. The van der Waals surface area contributed by atoms with Crippen molar-refractivity contribution < 1.29 is 23.4 Å². The summed E-state index contributed by atoms with van der Waals surface area (Å²) in [5, 5.41) is 4.73. The Morgan fingerprint density at radius 2 is 1.77 bits per heavy atom. The molecule has 1 N–H and O–H groups in total. The maximum absolute atomic E-state index is 12.3. The van der Waals surface area contributed by atoms with E-state index < -0.39 is 5.91 Å². The molecule has 3 rings (SSSR count). The smallest absolute Gasteiger partial charge is 0.307 e. The van der Waals surface area contributed by atoms with E-state index in [0.29, 0.717) is 28.4 Å². The van der Waals surface area contributed by atoms with Gasteiger partial charge in [-0.3, -0.25) is 4.79 Å². The van der Waals surface area contributed by atoms with E-state index in [0.717, 1.165) is 5.39 Å². The summed E-state index contributed by atoms with van der Waals surface area (Å²) in [5.41, 5.74) is 3.61. The number of ether oxygens (including phenoxy) is 3. The number of rotatable bonds is 6. The largest absolute Gasteiger partial charge is 0.493 e. The number of furan rings is 1. The van der Waals surface area contributed by atoms with Crippen LogP contribution in [0, 0.1) is 0 Å². The van der Waals surface area contributed by atoms with Gasteiger partial charge in [0.2, 0.25) is 0 Å². The Labute approximate surface area is 150 Å². The maximum Gasteiger partial charge on any atom is 0.307 e. The van der Waals surface area contributed by atoms with Crippen LogP contribution in [0.25, 0.3) is 11.0 Å². The van der Waals surface area contributed by atoms with Gasteiger partial charge in [0.25, 0.3) is 0 Å². The van der Waals surface area contributed by atoms with Crippen molar-refractivity contribution in [2.24, 2.45) is 5.10 Å². The zero-order valence-corrected chi connectivity index (χ0v) is 14.6. The molecule has 1 amide bonds. The second kappa shape index (κ2) is 7.60. The van der Waals surface area contributed by atoms with Gasteiger partial charge < -0.3 is 18.6 Å². The van der Waals surface area contributed by atoms with Gasteiger partial charge in [0, 0.05) is 10.9 Å². The van der Waals surface area contributed by atoms with E-state index in [1.165, 1.54) is 13.3 Å². The van der Waals surface area contributed by atoms with Crippen molar-refractivity contribution in [3.63, 3.8) is 0 Å². The van der Waals surface area contributed by atoms with Gasteiger partial charge in [-0.15, -0.1) is 0 Å². The van der Waals surface area contributed by atoms with Crippen molar-refractivity contribution in [3.8, 4) is 17.2 Å². The number of carbonyl (C=O) groups excluding carboxylic acids is 1. The van der Waals surface area contributed by atoms with Crippen molar-refractivity contribution in [1.82, 2.24) is 5.43 Å². The molecule has 0 aliphatic carbocycles. The molecule has 0 bridgehead atoms. The second-order valence-electron chi connectivity index (χ2n) is 5.27. The van der Waals surface area contributed by atoms with Gasteiger partial charge in [0.05, 0.1) is 27.5 Å². The number of para-hydroxylation sites is 2. The molecule has 134 valence electrons. The minimum absolute atomic E-state index is 0.138. The Hall–Kier alpha value is -3.48. The average Bonchev–Trinajstić information content (AvgIpc) is 3.12. The summed E-state index contributed by atoms with van der Waals surface area (Å²) in [7, 11) is 4.63. The van der Waals surface area contributed by atoms with E-state index >= 15 is 0 Å². The van der Waals surface area contributed by atoms with Crippen LogP contribution in [0.1, 0.15) is 16.1 Å². The number of carbonyl (C=O) groups is 1. The highest BCUT2D eigenvalue weighted by Gasteiger charge is 2.14. The van der Waals surface area contributed by atoms with E-state index in [9.17, 15) is 4.79 Å². The van der Waals surface area contributed by atoms with Crippen LogP contribution in [-0.4, -0.2) is 33.5 Å². The van der Waals surface area contributed by atoms with E-state index in [2.05, 4.69) is 10.5 Å². The predicted octanol–water partition coefficient (Wildman–Crippen LogP) is 3.22.